The molecule has 0 bridgehead atoms. The molecule has 4 nitrogen and oxygen atoms in total. The van der Waals surface area contributed by atoms with Crippen molar-refractivity contribution >= 4 is 0 Å². The van der Waals surface area contributed by atoms with Crippen molar-refractivity contribution in [2.45, 2.75) is 12.8 Å². The zero-order valence-electron chi connectivity index (χ0n) is 8.67. The summed E-state index contributed by atoms with van der Waals surface area (Å²) in [6.45, 7) is 0. The fourth-order valence-electron chi connectivity index (χ4n) is 1.36. The molecule has 0 aromatic carbocycles. The molecular weight excluding hydrogens is 200 g/mol. The molecule has 0 unspecified atom stereocenters. The molecule has 0 spiro atoms. The summed E-state index contributed by atoms with van der Waals surface area (Å²) in [7, 11) is 0. The first-order valence-corrected chi connectivity index (χ1v) is 4.99. The Labute approximate surface area is 93.6 Å². The minimum atomic E-state index is 0.441. The number of nitriles is 1. The molecule has 0 saturated carbocycles. The van der Waals surface area contributed by atoms with Crippen molar-refractivity contribution in [3.63, 3.8) is 0 Å². The maximum atomic E-state index is 8.50. The first-order chi connectivity index (χ1) is 7.90. The van der Waals surface area contributed by atoms with Gasteiger partial charge in [-0.05, 0) is 18.2 Å². The molecule has 0 atom stereocenters. The third kappa shape index (κ3) is 2.39. The number of pyridine rings is 1. The van der Waals surface area contributed by atoms with Crippen molar-refractivity contribution in [3.05, 3.63) is 42.6 Å². The molecule has 0 aliphatic rings. The number of aromatic nitrogens is 3. The van der Waals surface area contributed by atoms with Gasteiger partial charge in [-0.15, -0.1) is 0 Å². The Hall–Kier alpha value is -2.28. The molecule has 0 amide bonds. The highest BCUT2D eigenvalue weighted by molar-refractivity contribution is 5.56. The van der Waals surface area contributed by atoms with Crippen molar-refractivity contribution in [2.75, 3.05) is 0 Å². The predicted octanol–water partition coefficient (Wildman–Crippen LogP) is 1.99. The van der Waals surface area contributed by atoms with E-state index in [2.05, 4.69) is 21.0 Å². The Balaban J connectivity index is 2.26. The SMILES string of the molecule is N#CCCc1nccc(-c2cccnc2)n1. The van der Waals surface area contributed by atoms with Gasteiger partial charge in [-0.3, -0.25) is 4.98 Å². The van der Waals surface area contributed by atoms with Crippen LogP contribution in [0, 0.1) is 11.3 Å². The Morgan fingerprint density at radius 2 is 2.19 bits per heavy atom. The van der Waals surface area contributed by atoms with E-state index < -0.39 is 0 Å². The number of hydrogen-bond donors (Lipinski definition) is 0. The lowest BCUT2D eigenvalue weighted by molar-refractivity contribution is 0.887. The van der Waals surface area contributed by atoms with E-state index in [0.717, 1.165) is 11.3 Å². The van der Waals surface area contributed by atoms with Crippen LogP contribution in [0.3, 0.4) is 0 Å². The molecule has 4 heteroatoms. The molecule has 0 fully saturated rings. The summed E-state index contributed by atoms with van der Waals surface area (Å²) in [5.41, 5.74) is 1.80. The highest BCUT2D eigenvalue weighted by Crippen LogP contribution is 2.14. The van der Waals surface area contributed by atoms with Crippen LogP contribution in [-0.2, 0) is 6.42 Å². The van der Waals surface area contributed by atoms with Gasteiger partial charge in [0.1, 0.15) is 5.82 Å². The average Bonchev–Trinajstić information content (AvgIpc) is 2.38. The third-order valence-corrected chi connectivity index (χ3v) is 2.12. The van der Waals surface area contributed by atoms with E-state index in [1.54, 1.807) is 18.6 Å². The number of aryl methyl sites for hydroxylation is 1. The maximum absolute atomic E-state index is 8.50. The average molecular weight is 210 g/mol. The predicted molar refractivity (Wildman–Crippen MR) is 59.2 cm³/mol. The van der Waals surface area contributed by atoms with Crippen LogP contribution in [0.1, 0.15) is 12.2 Å². The van der Waals surface area contributed by atoms with Crippen LogP contribution in [0.2, 0.25) is 0 Å². The zero-order valence-corrected chi connectivity index (χ0v) is 8.67. The standard InChI is InChI=1S/C12H10N4/c13-6-1-4-12-15-8-5-11(16-12)10-3-2-7-14-9-10/h2-3,5,7-9H,1,4H2. The largest absolute Gasteiger partial charge is 0.264 e. The monoisotopic (exact) mass is 210 g/mol. The van der Waals surface area contributed by atoms with Gasteiger partial charge in [0, 0.05) is 37.0 Å². The van der Waals surface area contributed by atoms with Crippen molar-refractivity contribution in [3.8, 4) is 17.3 Å². The molecule has 16 heavy (non-hydrogen) atoms. The second-order valence-electron chi connectivity index (χ2n) is 3.26. The normalized spacial score (nSPS) is 9.69. The minimum Gasteiger partial charge on any atom is -0.264 e. The Morgan fingerprint density at radius 1 is 1.25 bits per heavy atom. The second kappa shape index (κ2) is 4.99. The lowest BCUT2D eigenvalue weighted by Gasteiger charge is -2.01. The number of nitrogens with zero attached hydrogens (tertiary/aromatic N) is 4. The highest BCUT2D eigenvalue weighted by Gasteiger charge is 2.01. The zero-order chi connectivity index (χ0) is 11.2. The van der Waals surface area contributed by atoms with E-state index in [1.807, 2.05) is 18.2 Å². The third-order valence-electron chi connectivity index (χ3n) is 2.12. The molecular formula is C12H10N4. The van der Waals surface area contributed by atoms with Crippen LogP contribution >= 0.6 is 0 Å². The van der Waals surface area contributed by atoms with Crippen molar-refractivity contribution < 1.29 is 0 Å². The van der Waals surface area contributed by atoms with Crippen LogP contribution in [0.25, 0.3) is 11.3 Å². The van der Waals surface area contributed by atoms with E-state index in [-0.39, 0.29) is 0 Å². The number of hydrogen-bond acceptors (Lipinski definition) is 4. The molecule has 0 radical (unpaired) electrons. The maximum Gasteiger partial charge on any atom is 0.129 e. The molecule has 0 aliphatic carbocycles. The van der Waals surface area contributed by atoms with E-state index in [0.29, 0.717) is 18.7 Å². The summed E-state index contributed by atoms with van der Waals surface area (Å²) in [4.78, 5) is 12.5. The van der Waals surface area contributed by atoms with E-state index in [4.69, 9.17) is 5.26 Å². The van der Waals surface area contributed by atoms with Gasteiger partial charge in [0.05, 0.1) is 11.8 Å². The lowest BCUT2D eigenvalue weighted by Crippen LogP contribution is -1.95. The van der Waals surface area contributed by atoms with Crippen LogP contribution in [0.5, 0.6) is 0 Å². The van der Waals surface area contributed by atoms with Gasteiger partial charge in [-0.25, -0.2) is 9.97 Å². The van der Waals surface area contributed by atoms with E-state index in [9.17, 15) is 0 Å². The Morgan fingerprint density at radius 3 is 2.94 bits per heavy atom. The fourth-order valence-corrected chi connectivity index (χ4v) is 1.36. The van der Waals surface area contributed by atoms with Gasteiger partial charge in [-0.1, -0.05) is 0 Å². The minimum absolute atomic E-state index is 0.441. The van der Waals surface area contributed by atoms with Gasteiger partial charge in [0.15, 0.2) is 0 Å². The van der Waals surface area contributed by atoms with Crippen molar-refractivity contribution in [1.29, 1.82) is 5.26 Å². The molecule has 2 heterocycles. The van der Waals surface area contributed by atoms with Crippen LogP contribution in [0.4, 0.5) is 0 Å². The van der Waals surface area contributed by atoms with Gasteiger partial charge in [0.25, 0.3) is 0 Å². The Bertz CT molecular complexity index is 502. The summed E-state index contributed by atoms with van der Waals surface area (Å²) in [6.07, 6.45) is 6.22. The van der Waals surface area contributed by atoms with Crippen LogP contribution in [-0.4, -0.2) is 15.0 Å². The molecule has 78 valence electrons. The van der Waals surface area contributed by atoms with Crippen LogP contribution < -0.4 is 0 Å². The second-order valence-corrected chi connectivity index (χ2v) is 3.26. The first-order valence-electron chi connectivity index (χ1n) is 4.99. The topological polar surface area (TPSA) is 62.5 Å². The molecule has 2 aromatic heterocycles. The fraction of sp³-hybridized carbons (Fsp3) is 0.167. The lowest BCUT2D eigenvalue weighted by atomic mass is 10.2. The van der Waals surface area contributed by atoms with E-state index in [1.165, 1.54) is 0 Å². The van der Waals surface area contributed by atoms with Crippen molar-refractivity contribution in [2.24, 2.45) is 0 Å². The summed E-state index contributed by atoms with van der Waals surface area (Å²) >= 11 is 0. The van der Waals surface area contributed by atoms with Crippen molar-refractivity contribution in [1.82, 2.24) is 15.0 Å². The molecule has 0 saturated heterocycles. The molecule has 2 rings (SSSR count). The number of rotatable bonds is 3. The highest BCUT2D eigenvalue weighted by atomic mass is 14.9. The van der Waals surface area contributed by atoms with Gasteiger partial charge >= 0.3 is 0 Å². The van der Waals surface area contributed by atoms with Crippen LogP contribution in [0.15, 0.2) is 36.8 Å². The summed E-state index contributed by atoms with van der Waals surface area (Å²) in [5.74, 6) is 0.697. The summed E-state index contributed by atoms with van der Waals surface area (Å²) < 4.78 is 0. The molecule has 2 aromatic rings. The van der Waals surface area contributed by atoms with Gasteiger partial charge in [-0.2, -0.15) is 5.26 Å². The van der Waals surface area contributed by atoms with E-state index >= 15 is 0 Å². The summed E-state index contributed by atoms with van der Waals surface area (Å²) in [5, 5.41) is 8.50. The molecule has 0 N–H and O–H groups in total. The summed E-state index contributed by atoms with van der Waals surface area (Å²) in [6, 6.07) is 7.74. The smallest absolute Gasteiger partial charge is 0.129 e. The van der Waals surface area contributed by atoms with Gasteiger partial charge < -0.3 is 0 Å². The van der Waals surface area contributed by atoms with Gasteiger partial charge in [0.2, 0.25) is 0 Å². The first kappa shape index (κ1) is 10.2. The Kier molecular flexibility index (Phi) is 3.19. The molecule has 0 aliphatic heterocycles. The quantitative estimate of drug-likeness (QED) is 0.777.